The molecule has 1 N–H and O–H groups in total. The van der Waals surface area contributed by atoms with Gasteiger partial charge in [0.1, 0.15) is 11.6 Å². The first-order valence-electron chi connectivity index (χ1n) is 8.17. The molecule has 2 atom stereocenters. The highest BCUT2D eigenvalue weighted by molar-refractivity contribution is 6.09. The lowest BCUT2D eigenvalue weighted by molar-refractivity contribution is -0.532. The molecular formula is C18H17N3O4. The van der Waals surface area contributed by atoms with Gasteiger partial charge in [0.05, 0.1) is 12.7 Å². The van der Waals surface area contributed by atoms with E-state index in [1.54, 1.807) is 36.4 Å². The third-order valence-electron chi connectivity index (χ3n) is 4.75. The van der Waals surface area contributed by atoms with Gasteiger partial charge in [0.25, 0.3) is 0 Å². The van der Waals surface area contributed by atoms with Crippen molar-refractivity contribution < 1.29 is 14.1 Å². The Morgan fingerprint density at radius 1 is 1.24 bits per heavy atom. The van der Waals surface area contributed by atoms with Gasteiger partial charge in [-0.1, -0.05) is 30.3 Å². The number of carbonyl (C=O) groups excluding carboxylic acids is 1. The normalized spacial score (nSPS) is 22.5. The molecule has 0 amide bonds. The zero-order valence-corrected chi connectivity index (χ0v) is 13.4. The Morgan fingerprint density at radius 2 is 2.04 bits per heavy atom. The zero-order valence-electron chi connectivity index (χ0n) is 13.4. The smallest absolute Gasteiger partial charge is 0.244 e. The van der Waals surface area contributed by atoms with E-state index in [0.29, 0.717) is 35.8 Å². The van der Waals surface area contributed by atoms with Gasteiger partial charge in [-0.15, -0.1) is 0 Å². The summed E-state index contributed by atoms with van der Waals surface area (Å²) in [4.78, 5) is 26.3. The molecule has 7 nitrogen and oxygen atoms in total. The van der Waals surface area contributed by atoms with Gasteiger partial charge in [0, 0.05) is 29.1 Å². The van der Waals surface area contributed by atoms with Crippen LogP contribution in [0.5, 0.6) is 0 Å². The molecule has 1 fully saturated rings. The number of carbonyl (C=O) groups is 1. The minimum atomic E-state index is -0.933. The molecule has 2 aliphatic rings. The summed E-state index contributed by atoms with van der Waals surface area (Å²) in [5.74, 6) is 1.07. The van der Waals surface area contributed by atoms with E-state index in [-0.39, 0.29) is 17.1 Å². The first kappa shape index (κ1) is 15.4. The summed E-state index contributed by atoms with van der Waals surface area (Å²) >= 11 is 0. The lowest BCUT2D eigenvalue weighted by Crippen LogP contribution is -2.44. The van der Waals surface area contributed by atoms with Gasteiger partial charge in [-0.3, -0.25) is 14.9 Å². The standard InChI is InChI=1S/C18H17N3O4/c22-17(12-5-2-1-3-6-12)13-11-14(21(23)24)16(15-7-4-10-25-15)20-9-8-19-18(13)20/h1-7,10,14,16,19H,8-9,11H2/t14-,16-/m1/s1. The van der Waals surface area contributed by atoms with E-state index < -0.39 is 12.1 Å². The van der Waals surface area contributed by atoms with Crippen molar-refractivity contribution in [3.8, 4) is 0 Å². The predicted molar refractivity (Wildman–Crippen MR) is 89.4 cm³/mol. The maximum atomic E-state index is 12.9. The van der Waals surface area contributed by atoms with Crippen molar-refractivity contribution in [2.45, 2.75) is 18.5 Å². The van der Waals surface area contributed by atoms with Crippen LogP contribution in [0.3, 0.4) is 0 Å². The quantitative estimate of drug-likeness (QED) is 0.523. The van der Waals surface area contributed by atoms with Crippen LogP contribution in [0.1, 0.15) is 28.6 Å². The van der Waals surface area contributed by atoms with E-state index in [0.717, 1.165) is 0 Å². The van der Waals surface area contributed by atoms with Gasteiger partial charge in [-0.05, 0) is 12.1 Å². The number of fused-ring (bicyclic) bond motifs is 1. The molecule has 4 rings (SSSR count). The summed E-state index contributed by atoms with van der Waals surface area (Å²) in [7, 11) is 0. The van der Waals surface area contributed by atoms with Gasteiger partial charge >= 0.3 is 0 Å². The fourth-order valence-corrected chi connectivity index (χ4v) is 3.65. The second-order valence-electron chi connectivity index (χ2n) is 6.16. The fraction of sp³-hybridized carbons (Fsp3) is 0.278. The van der Waals surface area contributed by atoms with Crippen LogP contribution in [0.25, 0.3) is 0 Å². The molecule has 2 aliphatic heterocycles. The maximum Gasteiger partial charge on any atom is 0.244 e. The number of hydrogen-bond acceptors (Lipinski definition) is 6. The summed E-state index contributed by atoms with van der Waals surface area (Å²) in [5, 5.41) is 15.0. The van der Waals surface area contributed by atoms with Crippen molar-refractivity contribution in [1.82, 2.24) is 10.2 Å². The van der Waals surface area contributed by atoms with Crippen molar-refractivity contribution in [3.63, 3.8) is 0 Å². The molecule has 0 unspecified atom stereocenters. The Labute approximate surface area is 144 Å². The topological polar surface area (TPSA) is 88.6 Å². The molecule has 7 heteroatoms. The molecule has 0 saturated carbocycles. The highest BCUT2D eigenvalue weighted by Crippen LogP contribution is 2.40. The number of nitrogens with one attached hydrogen (secondary N) is 1. The summed E-state index contributed by atoms with van der Waals surface area (Å²) in [6, 6.07) is 10.9. The number of rotatable bonds is 4. The summed E-state index contributed by atoms with van der Waals surface area (Å²) in [6.45, 7) is 1.24. The van der Waals surface area contributed by atoms with E-state index in [4.69, 9.17) is 4.42 Å². The number of Topliss-reactive ketones (excluding diaryl/α,β-unsaturated/α-hetero) is 1. The van der Waals surface area contributed by atoms with Crippen LogP contribution in [0.4, 0.5) is 0 Å². The fourth-order valence-electron chi connectivity index (χ4n) is 3.65. The molecule has 0 spiro atoms. The van der Waals surface area contributed by atoms with Crippen LogP contribution in [0, 0.1) is 10.1 Å². The highest BCUT2D eigenvalue weighted by atomic mass is 16.6. The lowest BCUT2D eigenvalue weighted by Gasteiger charge is -2.35. The molecular weight excluding hydrogens is 322 g/mol. The van der Waals surface area contributed by atoms with Crippen molar-refractivity contribution in [1.29, 1.82) is 0 Å². The molecule has 1 aromatic heterocycles. The van der Waals surface area contributed by atoms with Crippen molar-refractivity contribution in [3.05, 3.63) is 81.6 Å². The molecule has 0 radical (unpaired) electrons. The Balaban J connectivity index is 1.79. The van der Waals surface area contributed by atoms with Crippen LogP contribution >= 0.6 is 0 Å². The Hall–Kier alpha value is -3.09. The Morgan fingerprint density at radius 3 is 2.72 bits per heavy atom. The van der Waals surface area contributed by atoms with Crippen molar-refractivity contribution in [2.24, 2.45) is 0 Å². The van der Waals surface area contributed by atoms with E-state index in [1.165, 1.54) is 6.26 Å². The highest BCUT2D eigenvalue weighted by Gasteiger charge is 2.48. The molecule has 3 heterocycles. The molecule has 0 aliphatic carbocycles. The second kappa shape index (κ2) is 6.08. The number of nitrogens with zero attached hydrogens (tertiary/aromatic N) is 2. The van der Waals surface area contributed by atoms with Gasteiger partial charge in [-0.25, -0.2) is 0 Å². The van der Waals surface area contributed by atoms with Crippen molar-refractivity contribution >= 4 is 5.78 Å². The zero-order chi connectivity index (χ0) is 17.4. The predicted octanol–water partition coefficient (Wildman–Crippen LogP) is 2.37. The monoisotopic (exact) mass is 339 g/mol. The summed E-state index contributed by atoms with van der Waals surface area (Å²) in [6.07, 6.45) is 1.59. The Bertz CT molecular complexity index is 829. The summed E-state index contributed by atoms with van der Waals surface area (Å²) in [5.41, 5.74) is 1.01. The minimum Gasteiger partial charge on any atom is -0.467 e. The molecule has 2 aromatic rings. The van der Waals surface area contributed by atoms with Gasteiger partial charge in [0.15, 0.2) is 11.8 Å². The third-order valence-corrected chi connectivity index (χ3v) is 4.75. The Kier molecular flexibility index (Phi) is 3.76. The van der Waals surface area contributed by atoms with Gasteiger partial charge < -0.3 is 14.6 Å². The number of nitro groups is 1. The summed E-state index contributed by atoms with van der Waals surface area (Å²) < 4.78 is 5.46. The van der Waals surface area contributed by atoms with Gasteiger partial charge in [0.2, 0.25) is 6.04 Å². The van der Waals surface area contributed by atoms with Crippen LogP contribution in [0.15, 0.2) is 64.5 Å². The second-order valence-corrected chi connectivity index (χ2v) is 6.16. The first-order valence-corrected chi connectivity index (χ1v) is 8.17. The SMILES string of the molecule is O=C(C1=C2NCCN2[C@@H](c2ccco2)[C@H]([N+](=O)[O-])C1)c1ccccc1. The maximum absolute atomic E-state index is 12.9. The lowest BCUT2D eigenvalue weighted by atomic mass is 9.88. The number of benzene rings is 1. The van der Waals surface area contributed by atoms with E-state index in [2.05, 4.69) is 5.32 Å². The van der Waals surface area contributed by atoms with Gasteiger partial charge in [-0.2, -0.15) is 0 Å². The molecule has 1 saturated heterocycles. The van der Waals surface area contributed by atoms with Crippen molar-refractivity contribution in [2.75, 3.05) is 13.1 Å². The van der Waals surface area contributed by atoms with Crippen LogP contribution in [0.2, 0.25) is 0 Å². The molecule has 1 aromatic carbocycles. The average molecular weight is 339 g/mol. The number of hydrogen-bond donors (Lipinski definition) is 1. The van der Waals surface area contributed by atoms with E-state index in [1.807, 2.05) is 11.0 Å². The minimum absolute atomic E-state index is 0.0743. The van der Waals surface area contributed by atoms with Crippen LogP contribution < -0.4 is 5.32 Å². The van der Waals surface area contributed by atoms with Crippen LogP contribution in [-0.2, 0) is 0 Å². The molecule has 0 bridgehead atoms. The first-order chi connectivity index (χ1) is 12.2. The molecule has 128 valence electrons. The largest absolute Gasteiger partial charge is 0.467 e. The van der Waals surface area contributed by atoms with E-state index in [9.17, 15) is 14.9 Å². The molecule has 25 heavy (non-hydrogen) atoms. The van der Waals surface area contributed by atoms with E-state index >= 15 is 0 Å². The third kappa shape index (κ3) is 2.57. The number of furan rings is 1. The number of ketones is 1. The average Bonchev–Trinajstić information content (AvgIpc) is 3.32. The van der Waals surface area contributed by atoms with Crippen LogP contribution in [-0.4, -0.2) is 34.7 Å².